The number of phosphoric acid groups is 1. The summed E-state index contributed by atoms with van der Waals surface area (Å²) in [5.74, 6) is 0. The average Bonchev–Trinajstić information content (AvgIpc) is 2.59. The van der Waals surface area contributed by atoms with Crippen molar-refractivity contribution in [2.75, 3.05) is 5.17 Å². The van der Waals surface area contributed by atoms with Crippen molar-refractivity contribution in [3.8, 4) is 0 Å². The molecule has 0 spiro atoms. The van der Waals surface area contributed by atoms with Crippen LogP contribution in [0.1, 0.15) is 0 Å². The van der Waals surface area contributed by atoms with Crippen molar-refractivity contribution in [2.45, 2.75) is 0 Å². The summed E-state index contributed by atoms with van der Waals surface area (Å²) >= 11 is 3.30. The Bertz CT molecular complexity index is 414. The minimum absolute atomic E-state index is 0.670. The molecule has 1 aromatic rings. The smallest absolute Gasteiger partial charge is 0.222 e. The van der Waals surface area contributed by atoms with E-state index < -0.39 is 7.82 Å². The lowest BCUT2D eigenvalue weighted by atomic mass is 10.3. The van der Waals surface area contributed by atoms with Gasteiger partial charge in [0, 0.05) is 4.47 Å². The van der Waals surface area contributed by atoms with Gasteiger partial charge in [-0.25, -0.2) is 4.57 Å². The molecule has 2 bridgehead atoms. The van der Waals surface area contributed by atoms with E-state index in [0.717, 1.165) is 9.81 Å². The number of nitrogens with zero attached hydrogens (tertiary/aromatic N) is 2. The first-order valence-corrected chi connectivity index (χ1v) is 5.97. The zero-order valence-corrected chi connectivity index (χ0v) is 9.14. The molecule has 8 heteroatoms. The molecule has 6 nitrogen and oxygen atoms in total. The van der Waals surface area contributed by atoms with Gasteiger partial charge in [0.15, 0.2) is 0 Å². The van der Waals surface area contributed by atoms with Crippen molar-refractivity contribution in [3.05, 3.63) is 28.7 Å². The third-order valence-corrected chi connectivity index (χ3v) is 3.28. The third-order valence-electron chi connectivity index (χ3n) is 1.71. The van der Waals surface area contributed by atoms with Crippen molar-refractivity contribution < 1.29 is 18.4 Å². The molecule has 0 N–H and O–H groups in total. The van der Waals surface area contributed by atoms with Gasteiger partial charge < -0.3 is 0 Å². The van der Waals surface area contributed by atoms with Crippen LogP contribution in [0.15, 0.2) is 28.7 Å². The van der Waals surface area contributed by atoms with Gasteiger partial charge in [-0.1, -0.05) is 15.9 Å². The monoisotopic (exact) mass is 278 g/mol. The summed E-state index contributed by atoms with van der Waals surface area (Å²) in [6.45, 7) is 0. The van der Waals surface area contributed by atoms with Gasteiger partial charge in [0.05, 0.1) is 11.0 Å². The summed E-state index contributed by atoms with van der Waals surface area (Å²) in [7, 11) is -3.29. The van der Waals surface area contributed by atoms with Gasteiger partial charge >= 0.3 is 7.82 Å². The first kappa shape index (κ1) is 8.84. The fraction of sp³-hybridized carbons (Fsp3) is 0. The lowest BCUT2D eigenvalue weighted by Gasteiger charge is -2.21. The standard InChI is InChI=1S/C6H4BrN2O4P/c7-5-1-3-6(4-2-5)8-9-12-14(10,11-8)13-9/h1-4H. The molecule has 0 aliphatic carbocycles. The van der Waals surface area contributed by atoms with Crippen LogP contribution in [-0.2, 0) is 18.4 Å². The average molecular weight is 279 g/mol. The summed E-state index contributed by atoms with van der Waals surface area (Å²) in [6.07, 6.45) is 0. The second-order valence-electron chi connectivity index (χ2n) is 2.68. The van der Waals surface area contributed by atoms with Crippen molar-refractivity contribution >= 4 is 29.4 Å². The molecule has 1 aromatic carbocycles. The second-order valence-corrected chi connectivity index (χ2v) is 4.98. The van der Waals surface area contributed by atoms with E-state index in [-0.39, 0.29) is 0 Å². The Hall–Kier alpha value is -0.430. The molecule has 3 fully saturated rings. The largest absolute Gasteiger partial charge is 0.538 e. The van der Waals surface area contributed by atoms with Gasteiger partial charge in [-0.05, 0) is 24.3 Å². The van der Waals surface area contributed by atoms with Crippen LogP contribution in [0.4, 0.5) is 5.69 Å². The highest BCUT2D eigenvalue weighted by Crippen LogP contribution is 2.67. The van der Waals surface area contributed by atoms with Crippen LogP contribution in [0.3, 0.4) is 0 Å². The number of anilines is 1. The van der Waals surface area contributed by atoms with Gasteiger partial charge in [-0.2, -0.15) is 0 Å². The predicted octanol–water partition coefficient (Wildman–Crippen LogP) is 2.40. The minimum atomic E-state index is -3.29. The van der Waals surface area contributed by atoms with Crippen LogP contribution in [-0.4, -0.2) is 5.34 Å². The molecule has 0 amide bonds. The van der Waals surface area contributed by atoms with E-state index in [1.165, 1.54) is 5.17 Å². The summed E-state index contributed by atoms with van der Waals surface area (Å²) in [6, 6.07) is 7.19. The van der Waals surface area contributed by atoms with Crippen LogP contribution in [0, 0.1) is 0 Å². The maximum Gasteiger partial charge on any atom is 0.538 e. The van der Waals surface area contributed by atoms with Crippen LogP contribution < -0.4 is 5.17 Å². The number of hydrogen-bond acceptors (Lipinski definition) is 6. The van der Waals surface area contributed by atoms with Crippen molar-refractivity contribution in [1.29, 1.82) is 0 Å². The van der Waals surface area contributed by atoms with E-state index in [4.69, 9.17) is 13.9 Å². The Morgan fingerprint density at radius 2 is 1.79 bits per heavy atom. The van der Waals surface area contributed by atoms with E-state index in [1.54, 1.807) is 12.1 Å². The van der Waals surface area contributed by atoms with Crippen LogP contribution in [0.2, 0.25) is 0 Å². The molecule has 3 aliphatic rings. The number of rotatable bonds is 1. The quantitative estimate of drug-likeness (QED) is 0.736. The van der Waals surface area contributed by atoms with E-state index in [1.807, 2.05) is 12.1 Å². The summed E-state index contributed by atoms with van der Waals surface area (Å²) in [4.78, 5) is 0. The first-order valence-electron chi connectivity index (χ1n) is 3.71. The summed E-state index contributed by atoms with van der Waals surface area (Å²) in [5.41, 5.74) is 0.670. The third kappa shape index (κ3) is 1.22. The van der Waals surface area contributed by atoms with Gasteiger partial charge in [-0.3, -0.25) is 0 Å². The molecule has 14 heavy (non-hydrogen) atoms. The van der Waals surface area contributed by atoms with Gasteiger partial charge in [0.25, 0.3) is 0 Å². The molecule has 4 rings (SSSR count). The van der Waals surface area contributed by atoms with Crippen LogP contribution >= 0.6 is 23.8 Å². The predicted molar refractivity (Wildman–Crippen MR) is 49.3 cm³/mol. The number of hydrogen-bond donors (Lipinski definition) is 0. The van der Waals surface area contributed by atoms with Crippen molar-refractivity contribution in [2.24, 2.45) is 0 Å². The summed E-state index contributed by atoms with van der Waals surface area (Å²) < 4.78 is 26.4. The Kier molecular flexibility index (Phi) is 1.76. The molecule has 0 unspecified atom stereocenters. The van der Waals surface area contributed by atoms with E-state index >= 15 is 0 Å². The number of fused-ring (bicyclic) bond motifs is 1. The fourth-order valence-corrected chi connectivity index (χ4v) is 2.26. The highest BCUT2D eigenvalue weighted by atomic mass is 79.9. The molecule has 3 heterocycles. The molecule has 0 aromatic heterocycles. The van der Waals surface area contributed by atoms with Gasteiger partial charge in [-0.15, -0.1) is 19.0 Å². The Morgan fingerprint density at radius 3 is 2.29 bits per heavy atom. The van der Waals surface area contributed by atoms with Crippen molar-refractivity contribution in [1.82, 2.24) is 5.34 Å². The molecule has 0 saturated carbocycles. The molecular weight excluding hydrogens is 275 g/mol. The normalized spacial score (nSPS) is 34.4. The highest BCUT2D eigenvalue weighted by molar-refractivity contribution is 9.10. The topological polar surface area (TPSA) is 51.2 Å². The summed E-state index contributed by atoms with van der Waals surface area (Å²) in [5, 5.41) is 2.12. The van der Waals surface area contributed by atoms with E-state index in [0.29, 0.717) is 5.69 Å². The Labute approximate surface area is 87.5 Å². The number of hydrazine groups is 1. The molecule has 0 atom stereocenters. The van der Waals surface area contributed by atoms with Gasteiger partial charge in [0.1, 0.15) is 0 Å². The van der Waals surface area contributed by atoms with Crippen LogP contribution in [0.25, 0.3) is 0 Å². The lowest BCUT2D eigenvalue weighted by molar-refractivity contribution is -0.318. The number of halogens is 1. The van der Waals surface area contributed by atoms with Gasteiger partial charge in [0.2, 0.25) is 0 Å². The molecule has 0 radical (unpaired) electrons. The zero-order valence-electron chi connectivity index (χ0n) is 6.66. The van der Waals surface area contributed by atoms with E-state index in [2.05, 4.69) is 15.9 Å². The molecular formula is C6H4BrN2O4P. The lowest BCUT2D eigenvalue weighted by Crippen LogP contribution is -2.34. The maximum absolute atomic E-state index is 11.2. The zero-order chi connectivity index (χ0) is 9.76. The molecule has 74 valence electrons. The Morgan fingerprint density at radius 1 is 1.14 bits per heavy atom. The maximum atomic E-state index is 11.2. The second kappa shape index (κ2) is 2.79. The SMILES string of the molecule is O=P12ON(O1)N(c1ccc(Br)cc1)O2. The molecule has 3 saturated heterocycles. The fourth-order valence-electron chi connectivity index (χ4n) is 1.11. The van der Waals surface area contributed by atoms with Crippen molar-refractivity contribution in [3.63, 3.8) is 0 Å². The van der Waals surface area contributed by atoms with E-state index in [9.17, 15) is 4.57 Å². The first-order chi connectivity index (χ1) is 6.66. The Balaban J connectivity index is 1.91. The number of benzene rings is 1. The highest BCUT2D eigenvalue weighted by Gasteiger charge is 2.60. The van der Waals surface area contributed by atoms with Crippen LogP contribution in [0.5, 0.6) is 0 Å². The molecule has 3 aliphatic heterocycles. The minimum Gasteiger partial charge on any atom is -0.222 e.